The third-order valence-corrected chi connectivity index (χ3v) is 9.32. The molecular weight excluding hydrogens is 654 g/mol. The van der Waals surface area contributed by atoms with Gasteiger partial charge in [0.25, 0.3) is 10.0 Å². The van der Waals surface area contributed by atoms with E-state index in [1.807, 2.05) is 75.4 Å². The Morgan fingerprint density at radius 1 is 0.822 bits per heavy atom. The molecule has 8 nitrogen and oxygen atoms in total. The van der Waals surface area contributed by atoms with E-state index in [4.69, 9.17) is 4.74 Å². The maximum atomic E-state index is 14.5. The van der Waals surface area contributed by atoms with Crippen LogP contribution in [0.25, 0.3) is 0 Å². The monoisotopic (exact) mass is 691 g/mol. The molecule has 4 rings (SSSR count). The summed E-state index contributed by atoms with van der Waals surface area (Å²) in [5.74, 6) is -0.351. The second-order valence-corrected chi connectivity index (χ2v) is 14.4. The van der Waals surface area contributed by atoms with Gasteiger partial charge in [0.05, 0.1) is 17.7 Å². The van der Waals surface area contributed by atoms with Crippen molar-refractivity contribution in [3.8, 4) is 5.75 Å². The van der Waals surface area contributed by atoms with Crippen molar-refractivity contribution in [3.05, 3.63) is 125 Å². The van der Waals surface area contributed by atoms with Crippen LogP contribution in [0.1, 0.15) is 31.9 Å². The highest BCUT2D eigenvalue weighted by Crippen LogP contribution is 2.26. The van der Waals surface area contributed by atoms with E-state index >= 15 is 0 Å². The number of halogens is 1. The van der Waals surface area contributed by atoms with E-state index in [2.05, 4.69) is 21.2 Å². The molecule has 1 unspecified atom stereocenters. The predicted octanol–water partition coefficient (Wildman–Crippen LogP) is 6.21. The molecule has 45 heavy (non-hydrogen) atoms. The van der Waals surface area contributed by atoms with Crippen molar-refractivity contribution in [2.45, 2.75) is 50.2 Å². The Kier molecular flexibility index (Phi) is 11.1. The van der Waals surface area contributed by atoms with Gasteiger partial charge in [-0.25, -0.2) is 8.42 Å². The number of carbonyl (C=O) groups is 2. The number of ether oxygens (including phenoxy) is 1. The average molecular weight is 693 g/mol. The van der Waals surface area contributed by atoms with Gasteiger partial charge in [-0.2, -0.15) is 0 Å². The SMILES string of the molecule is COc1ccc(S(=O)(=O)N(CC(=O)N(Cc2ccc(Br)cc2)C(Cc2ccccc2)C(=O)NC(C)(C)C)c2ccccc2)cc1. The number of sulfonamides is 1. The molecule has 0 saturated carbocycles. The normalized spacial score (nSPS) is 12.2. The van der Waals surface area contributed by atoms with Crippen LogP contribution < -0.4 is 14.4 Å². The second-order valence-electron chi connectivity index (χ2n) is 11.6. The Bertz CT molecular complexity index is 1680. The smallest absolute Gasteiger partial charge is 0.264 e. The van der Waals surface area contributed by atoms with Crippen molar-refractivity contribution in [1.82, 2.24) is 10.2 Å². The number of hydrogen-bond donors (Lipinski definition) is 1. The summed E-state index contributed by atoms with van der Waals surface area (Å²) in [6.07, 6.45) is 0.238. The number of para-hydroxylation sites is 1. The molecule has 0 spiro atoms. The van der Waals surface area contributed by atoms with Crippen molar-refractivity contribution in [3.63, 3.8) is 0 Å². The third-order valence-electron chi connectivity index (χ3n) is 7.01. The highest BCUT2D eigenvalue weighted by molar-refractivity contribution is 9.10. The van der Waals surface area contributed by atoms with E-state index in [1.54, 1.807) is 42.5 Å². The Balaban J connectivity index is 1.79. The zero-order valence-electron chi connectivity index (χ0n) is 25.8. The van der Waals surface area contributed by atoms with Crippen LogP contribution in [-0.4, -0.2) is 50.4 Å². The first-order chi connectivity index (χ1) is 21.4. The summed E-state index contributed by atoms with van der Waals surface area (Å²) >= 11 is 3.46. The molecule has 4 aromatic rings. The fraction of sp³-hybridized carbons (Fsp3) is 0.257. The van der Waals surface area contributed by atoms with E-state index < -0.39 is 34.1 Å². The van der Waals surface area contributed by atoms with Crippen LogP contribution >= 0.6 is 15.9 Å². The van der Waals surface area contributed by atoms with Crippen LogP contribution in [0.15, 0.2) is 119 Å². The Labute approximate surface area is 274 Å². The van der Waals surface area contributed by atoms with E-state index in [-0.39, 0.29) is 23.8 Å². The van der Waals surface area contributed by atoms with Crippen LogP contribution in [-0.2, 0) is 32.6 Å². The largest absolute Gasteiger partial charge is 0.497 e. The summed E-state index contributed by atoms with van der Waals surface area (Å²) in [7, 11) is -2.70. The fourth-order valence-electron chi connectivity index (χ4n) is 4.79. The highest BCUT2D eigenvalue weighted by atomic mass is 79.9. The highest BCUT2D eigenvalue weighted by Gasteiger charge is 2.35. The van der Waals surface area contributed by atoms with Gasteiger partial charge in [-0.05, 0) is 80.4 Å². The molecule has 0 saturated heterocycles. The molecule has 10 heteroatoms. The molecule has 4 aromatic carbocycles. The number of hydrogen-bond acceptors (Lipinski definition) is 5. The number of anilines is 1. The van der Waals surface area contributed by atoms with Crippen molar-refractivity contribution >= 4 is 43.5 Å². The maximum absolute atomic E-state index is 14.5. The van der Waals surface area contributed by atoms with Gasteiger partial charge >= 0.3 is 0 Å². The van der Waals surface area contributed by atoms with Gasteiger partial charge < -0.3 is 15.0 Å². The summed E-state index contributed by atoms with van der Waals surface area (Å²) < 4.78 is 35.4. The lowest BCUT2D eigenvalue weighted by Gasteiger charge is -2.35. The lowest BCUT2D eigenvalue weighted by atomic mass is 10.0. The van der Waals surface area contributed by atoms with Crippen LogP contribution in [0, 0.1) is 0 Å². The minimum absolute atomic E-state index is 0.00530. The molecule has 2 amide bonds. The standard InChI is InChI=1S/C35H38BrN3O5S/c1-35(2,3)37-34(41)32(23-26-11-7-5-8-12-26)38(24-27-15-17-28(36)18-16-27)33(40)25-39(29-13-9-6-10-14-29)45(42,43)31-21-19-30(44-4)20-22-31/h5-22,32H,23-25H2,1-4H3,(H,37,41). The molecule has 0 aliphatic heterocycles. The minimum Gasteiger partial charge on any atom is -0.497 e. The van der Waals surface area contributed by atoms with Gasteiger partial charge in [-0.15, -0.1) is 0 Å². The third kappa shape index (κ3) is 9.18. The van der Waals surface area contributed by atoms with Gasteiger partial charge in [-0.1, -0.05) is 76.6 Å². The van der Waals surface area contributed by atoms with E-state index in [0.29, 0.717) is 11.4 Å². The number of rotatable bonds is 12. The molecule has 1 atom stereocenters. The van der Waals surface area contributed by atoms with Crippen molar-refractivity contribution in [1.29, 1.82) is 0 Å². The van der Waals surface area contributed by atoms with Gasteiger partial charge in [-0.3, -0.25) is 13.9 Å². The number of nitrogens with zero attached hydrogens (tertiary/aromatic N) is 2. The number of carbonyl (C=O) groups excluding carboxylic acids is 2. The zero-order chi connectivity index (χ0) is 32.6. The first-order valence-electron chi connectivity index (χ1n) is 14.5. The molecule has 0 aliphatic carbocycles. The first-order valence-corrected chi connectivity index (χ1v) is 16.7. The van der Waals surface area contributed by atoms with Crippen molar-refractivity contribution in [2.24, 2.45) is 0 Å². The summed E-state index contributed by atoms with van der Waals surface area (Å²) in [6.45, 7) is 5.20. The van der Waals surface area contributed by atoms with E-state index in [1.165, 1.54) is 24.1 Å². The Morgan fingerprint density at radius 2 is 1.40 bits per heavy atom. The number of nitrogens with one attached hydrogen (secondary N) is 1. The molecule has 0 fully saturated rings. The lowest BCUT2D eigenvalue weighted by Crippen LogP contribution is -2.56. The van der Waals surface area contributed by atoms with Crippen LogP contribution in [0.4, 0.5) is 5.69 Å². The molecule has 0 aliphatic rings. The summed E-state index contributed by atoms with van der Waals surface area (Å²) in [5.41, 5.74) is 1.42. The van der Waals surface area contributed by atoms with E-state index in [9.17, 15) is 18.0 Å². The minimum atomic E-state index is -4.20. The molecule has 0 bridgehead atoms. The van der Waals surface area contributed by atoms with Crippen LogP contribution in [0.5, 0.6) is 5.75 Å². The van der Waals surface area contributed by atoms with Gasteiger partial charge in [0.15, 0.2) is 0 Å². The predicted molar refractivity (Wildman–Crippen MR) is 180 cm³/mol. The zero-order valence-corrected chi connectivity index (χ0v) is 28.2. The van der Waals surface area contributed by atoms with Gasteiger partial charge in [0, 0.05) is 23.0 Å². The molecule has 0 radical (unpaired) electrons. The molecular formula is C35H38BrN3O5S. The fourth-order valence-corrected chi connectivity index (χ4v) is 6.47. The Hall–Kier alpha value is -4.15. The summed E-state index contributed by atoms with van der Waals surface area (Å²) in [5, 5.41) is 3.04. The Morgan fingerprint density at radius 3 is 1.96 bits per heavy atom. The maximum Gasteiger partial charge on any atom is 0.264 e. The summed E-state index contributed by atoms with van der Waals surface area (Å²) in [6, 6.07) is 30.5. The van der Waals surface area contributed by atoms with Crippen molar-refractivity contribution < 1.29 is 22.7 Å². The number of methoxy groups -OCH3 is 1. The van der Waals surface area contributed by atoms with Crippen LogP contribution in [0.2, 0.25) is 0 Å². The second kappa shape index (κ2) is 14.8. The van der Waals surface area contributed by atoms with Gasteiger partial charge in [0.1, 0.15) is 18.3 Å². The number of amides is 2. The first kappa shape index (κ1) is 33.7. The summed E-state index contributed by atoms with van der Waals surface area (Å²) in [4.78, 5) is 29.9. The van der Waals surface area contributed by atoms with Gasteiger partial charge in [0.2, 0.25) is 11.8 Å². The topological polar surface area (TPSA) is 96.0 Å². The average Bonchev–Trinajstić information content (AvgIpc) is 3.02. The quantitative estimate of drug-likeness (QED) is 0.191. The molecule has 236 valence electrons. The molecule has 0 heterocycles. The van der Waals surface area contributed by atoms with Crippen molar-refractivity contribution in [2.75, 3.05) is 18.0 Å². The number of benzene rings is 4. The molecule has 0 aromatic heterocycles. The van der Waals surface area contributed by atoms with E-state index in [0.717, 1.165) is 19.9 Å². The lowest BCUT2D eigenvalue weighted by molar-refractivity contribution is -0.140. The van der Waals surface area contributed by atoms with Crippen LogP contribution in [0.3, 0.4) is 0 Å². The molecule has 1 N–H and O–H groups in total.